The van der Waals surface area contributed by atoms with Crippen molar-refractivity contribution in [1.29, 1.82) is 0 Å². The van der Waals surface area contributed by atoms with E-state index in [0.717, 1.165) is 19.0 Å². The normalized spacial score (nSPS) is 29.1. The Morgan fingerprint density at radius 3 is 2.29 bits per heavy atom. The molecular weight excluding hydrogens is 258 g/mol. The summed E-state index contributed by atoms with van der Waals surface area (Å²) < 4.78 is 0. The van der Waals surface area contributed by atoms with Crippen LogP contribution in [0.25, 0.3) is 0 Å². The van der Waals surface area contributed by atoms with Gasteiger partial charge >= 0.3 is 0 Å². The fraction of sp³-hybridized carbons (Fsp3) is 1.00. The highest BCUT2D eigenvalue weighted by molar-refractivity contribution is 4.94. The van der Waals surface area contributed by atoms with Gasteiger partial charge in [-0.25, -0.2) is 0 Å². The van der Waals surface area contributed by atoms with E-state index >= 15 is 0 Å². The van der Waals surface area contributed by atoms with Crippen LogP contribution >= 0.6 is 0 Å². The Labute approximate surface area is 133 Å². The van der Waals surface area contributed by atoms with Crippen LogP contribution < -0.4 is 5.73 Å². The van der Waals surface area contributed by atoms with Gasteiger partial charge < -0.3 is 10.6 Å². The SMILES string of the molecule is CCN(C(C)CN(C)C)C1CC(C(C)(C)CC)CCC1N. The average molecular weight is 298 g/mol. The van der Waals surface area contributed by atoms with Crippen LogP contribution in [0, 0.1) is 11.3 Å². The molecule has 0 aromatic heterocycles. The lowest BCUT2D eigenvalue weighted by Crippen LogP contribution is -2.56. The molecule has 0 heterocycles. The summed E-state index contributed by atoms with van der Waals surface area (Å²) in [5.41, 5.74) is 6.96. The molecule has 2 N–H and O–H groups in total. The van der Waals surface area contributed by atoms with E-state index in [-0.39, 0.29) is 0 Å². The van der Waals surface area contributed by atoms with Gasteiger partial charge in [0.25, 0.3) is 0 Å². The van der Waals surface area contributed by atoms with Crippen molar-refractivity contribution < 1.29 is 0 Å². The van der Waals surface area contributed by atoms with E-state index in [1.165, 1.54) is 25.7 Å². The van der Waals surface area contributed by atoms with Gasteiger partial charge in [-0.15, -0.1) is 0 Å². The van der Waals surface area contributed by atoms with Crippen LogP contribution in [0.15, 0.2) is 0 Å². The van der Waals surface area contributed by atoms with Crippen molar-refractivity contribution in [2.75, 3.05) is 27.2 Å². The first-order chi connectivity index (χ1) is 9.72. The molecule has 4 unspecified atom stereocenters. The van der Waals surface area contributed by atoms with E-state index in [4.69, 9.17) is 5.73 Å². The Hall–Kier alpha value is -0.120. The smallest absolute Gasteiger partial charge is 0.0253 e. The molecule has 0 aromatic carbocycles. The molecular formula is C18H39N3. The minimum atomic E-state index is 0.346. The maximum atomic E-state index is 6.52. The number of nitrogens with two attached hydrogens (primary N) is 1. The zero-order valence-electron chi connectivity index (χ0n) is 15.5. The van der Waals surface area contributed by atoms with Gasteiger partial charge in [-0.1, -0.05) is 34.1 Å². The first kappa shape index (κ1) is 18.9. The molecule has 0 spiro atoms. The number of likely N-dealkylation sites (N-methyl/N-ethyl adjacent to an activating group) is 2. The topological polar surface area (TPSA) is 32.5 Å². The molecule has 21 heavy (non-hydrogen) atoms. The predicted molar refractivity (Wildman–Crippen MR) is 93.6 cm³/mol. The summed E-state index contributed by atoms with van der Waals surface area (Å²) in [5.74, 6) is 0.813. The second-order valence-electron chi connectivity index (χ2n) is 8.03. The molecule has 1 aliphatic rings. The second-order valence-corrected chi connectivity index (χ2v) is 8.03. The molecule has 3 heteroatoms. The highest BCUT2D eigenvalue weighted by atomic mass is 15.2. The van der Waals surface area contributed by atoms with Crippen molar-refractivity contribution in [2.24, 2.45) is 17.1 Å². The summed E-state index contributed by atoms with van der Waals surface area (Å²) in [6, 6.07) is 1.47. The number of rotatable bonds is 7. The second kappa shape index (κ2) is 7.94. The van der Waals surface area contributed by atoms with Crippen LogP contribution in [0.2, 0.25) is 0 Å². The zero-order valence-corrected chi connectivity index (χ0v) is 15.5. The molecule has 0 aliphatic heterocycles. The molecule has 1 rings (SSSR count). The molecule has 126 valence electrons. The van der Waals surface area contributed by atoms with Crippen molar-refractivity contribution >= 4 is 0 Å². The third-order valence-corrected chi connectivity index (χ3v) is 5.87. The van der Waals surface area contributed by atoms with Gasteiger partial charge in [0.1, 0.15) is 0 Å². The van der Waals surface area contributed by atoms with Crippen LogP contribution in [0.1, 0.15) is 60.3 Å². The Balaban J connectivity index is 2.81. The molecule has 4 atom stereocenters. The van der Waals surface area contributed by atoms with Crippen molar-refractivity contribution in [3.63, 3.8) is 0 Å². The monoisotopic (exact) mass is 297 g/mol. The number of hydrogen-bond donors (Lipinski definition) is 1. The third kappa shape index (κ3) is 4.94. The standard InChI is InChI=1S/C18H39N3/c1-8-18(4,5)15-10-11-16(19)17(12-15)21(9-2)14(3)13-20(6)7/h14-17H,8-13,19H2,1-7H3. The highest BCUT2D eigenvalue weighted by Crippen LogP contribution is 2.41. The molecule has 1 saturated carbocycles. The van der Waals surface area contributed by atoms with Crippen molar-refractivity contribution in [3.05, 3.63) is 0 Å². The summed E-state index contributed by atoms with van der Waals surface area (Å²) >= 11 is 0. The average Bonchev–Trinajstić information content (AvgIpc) is 2.40. The first-order valence-corrected chi connectivity index (χ1v) is 8.88. The van der Waals surface area contributed by atoms with E-state index in [1.54, 1.807) is 0 Å². The summed E-state index contributed by atoms with van der Waals surface area (Å²) in [7, 11) is 4.32. The summed E-state index contributed by atoms with van der Waals surface area (Å²) in [4.78, 5) is 4.94. The quantitative estimate of drug-likeness (QED) is 0.783. The van der Waals surface area contributed by atoms with Crippen molar-refractivity contribution in [2.45, 2.75) is 78.4 Å². The fourth-order valence-electron chi connectivity index (χ4n) is 4.06. The molecule has 1 fully saturated rings. The van der Waals surface area contributed by atoms with Crippen molar-refractivity contribution in [1.82, 2.24) is 9.80 Å². The van der Waals surface area contributed by atoms with Crippen LogP contribution in [0.4, 0.5) is 0 Å². The maximum Gasteiger partial charge on any atom is 0.0253 e. The lowest BCUT2D eigenvalue weighted by Gasteiger charge is -2.47. The zero-order chi connectivity index (χ0) is 16.2. The third-order valence-electron chi connectivity index (χ3n) is 5.87. The van der Waals surface area contributed by atoms with Crippen LogP contribution in [0.3, 0.4) is 0 Å². The maximum absolute atomic E-state index is 6.52. The number of nitrogens with zero attached hydrogens (tertiary/aromatic N) is 2. The summed E-state index contributed by atoms with van der Waals surface area (Å²) in [6.45, 7) is 14.1. The minimum absolute atomic E-state index is 0.346. The van der Waals surface area contributed by atoms with E-state index in [1.807, 2.05) is 0 Å². The van der Waals surface area contributed by atoms with Gasteiger partial charge in [-0.05, 0) is 58.2 Å². The molecule has 0 bridgehead atoms. The highest BCUT2D eigenvalue weighted by Gasteiger charge is 2.39. The Bertz CT molecular complexity index is 301. The summed E-state index contributed by atoms with van der Waals surface area (Å²) in [6.07, 6.45) is 5.02. The fourth-order valence-corrected chi connectivity index (χ4v) is 4.06. The van der Waals surface area contributed by atoms with Gasteiger partial charge in [-0.2, -0.15) is 0 Å². The van der Waals surface area contributed by atoms with Gasteiger partial charge in [0, 0.05) is 24.7 Å². The Kier molecular flexibility index (Phi) is 7.15. The van der Waals surface area contributed by atoms with Gasteiger partial charge in [0.05, 0.1) is 0 Å². The lowest BCUT2D eigenvalue weighted by molar-refractivity contribution is 0.0367. The van der Waals surface area contributed by atoms with Crippen LogP contribution in [-0.2, 0) is 0 Å². The van der Waals surface area contributed by atoms with Crippen molar-refractivity contribution in [3.8, 4) is 0 Å². The van der Waals surface area contributed by atoms with E-state index in [9.17, 15) is 0 Å². The molecule has 3 nitrogen and oxygen atoms in total. The minimum Gasteiger partial charge on any atom is -0.326 e. The van der Waals surface area contributed by atoms with Crippen LogP contribution in [0.5, 0.6) is 0 Å². The lowest BCUT2D eigenvalue weighted by atomic mass is 9.67. The van der Waals surface area contributed by atoms with Gasteiger partial charge in [0.15, 0.2) is 0 Å². The molecule has 0 radical (unpaired) electrons. The van der Waals surface area contributed by atoms with E-state index < -0.39 is 0 Å². The first-order valence-electron chi connectivity index (χ1n) is 8.88. The molecule has 0 amide bonds. The largest absolute Gasteiger partial charge is 0.326 e. The Morgan fingerprint density at radius 1 is 1.19 bits per heavy atom. The van der Waals surface area contributed by atoms with Gasteiger partial charge in [-0.3, -0.25) is 4.90 Å². The van der Waals surface area contributed by atoms with Crippen LogP contribution in [-0.4, -0.2) is 55.1 Å². The predicted octanol–water partition coefficient (Wildman–Crippen LogP) is 3.19. The molecule has 0 aromatic rings. The summed E-state index contributed by atoms with van der Waals surface area (Å²) in [5, 5.41) is 0. The van der Waals surface area contributed by atoms with Gasteiger partial charge in [0.2, 0.25) is 0 Å². The van der Waals surface area contributed by atoms with E-state index in [2.05, 4.69) is 58.5 Å². The Morgan fingerprint density at radius 2 is 1.81 bits per heavy atom. The number of hydrogen-bond acceptors (Lipinski definition) is 3. The molecule has 1 aliphatic carbocycles. The molecule has 0 saturated heterocycles. The van der Waals surface area contributed by atoms with E-state index in [0.29, 0.717) is 23.5 Å².